The van der Waals surface area contributed by atoms with Gasteiger partial charge in [0, 0.05) is 45.8 Å². The molecule has 2 heterocycles. The molecule has 10 aliphatic rings. The van der Waals surface area contributed by atoms with E-state index in [4.69, 9.17) is 21.5 Å². The van der Waals surface area contributed by atoms with Gasteiger partial charge in [-0.2, -0.15) is 0 Å². The highest BCUT2D eigenvalue weighted by Gasteiger charge is 2.58. The number of aryl methyl sites for hydroxylation is 1. The predicted octanol–water partition coefficient (Wildman–Crippen LogP) is 27.1. The lowest BCUT2D eigenvalue weighted by Crippen LogP contribution is -2.37. The molecule has 1 aromatic heterocycles. The smallest absolute Gasteiger partial charge is 0.160 e. The largest absolute Gasteiger partial charge is 0.359 e. The molecule has 1 N–H and O–H groups in total. The van der Waals surface area contributed by atoms with Gasteiger partial charge in [0.1, 0.15) is 5.84 Å². The van der Waals surface area contributed by atoms with E-state index in [1.807, 2.05) is 0 Å². The van der Waals surface area contributed by atoms with Gasteiger partial charge in [0.15, 0.2) is 5.82 Å². The van der Waals surface area contributed by atoms with Crippen molar-refractivity contribution in [1.82, 2.24) is 15.3 Å². The van der Waals surface area contributed by atoms with Crippen LogP contribution in [0.5, 0.6) is 0 Å². The van der Waals surface area contributed by atoms with E-state index in [0.717, 1.165) is 127 Å². The van der Waals surface area contributed by atoms with Crippen molar-refractivity contribution in [2.75, 3.05) is 0 Å². The Kier molecular flexibility index (Phi) is 20.2. The van der Waals surface area contributed by atoms with Gasteiger partial charge in [-0.25, -0.2) is 15.0 Å². The lowest BCUT2D eigenvalue weighted by Gasteiger charge is -2.43. The second-order valence-corrected chi connectivity index (χ2v) is 32.3. The number of hydrogen-bond acceptors (Lipinski definition) is 4. The van der Waals surface area contributed by atoms with E-state index in [1.165, 1.54) is 100 Å². The van der Waals surface area contributed by atoms with Crippen molar-refractivity contribution in [2.45, 2.75) is 116 Å². The number of benzene rings is 7. The first-order chi connectivity index (χ1) is 55.6. The van der Waals surface area contributed by atoms with Crippen LogP contribution < -0.4 is 5.32 Å². The van der Waals surface area contributed by atoms with E-state index in [2.05, 4.69) is 367 Å². The molecule has 556 valence electrons. The van der Waals surface area contributed by atoms with Crippen molar-refractivity contribution in [1.29, 1.82) is 0 Å². The van der Waals surface area contributed by atoms with Crippen molar-refractivity contribution >= 4 is 33.8 Å². The lowest BCUT2D eigenvalue weighted by molar-refractivity contribution is 0.224. The Morgan fingerprint density at radius 3 is 2.23 bits per heavy atom. The number of fused-ring (bicyclic) bond motifs is 10. The monoisotopic (exact) mass is 1460 g/mol. The second kappa shape index (κ2) is 31.4. The molecule has 0 radical (unpaired) electrons. The molecule has 0 bridgehead atoms. The Balaban J connectivity index is 0.603. The lowest BCUT2D eigenvalue weighted by atomic mass is 9.59. The molecule has 113 heavy (non-hydrogen) atoms. The van der Waals surface area contributed by atoms with Crippen LogP contribution in [0.3, 0.4) is 0 Å². The molecule has 0 saturated heterocycles. The van der Waals surface area contributed by atoms with Gasteiger partial charge in [0.05, 0.1) is 28.5 Å². The van der Waals surface area contributed by atoms with Crippen LogP contribution in [-0.4, -0.2) is 15.8 Å². The number of nitrogens with zero attached hydrogens (tertiary/aromatic N) is 3. The zero-order chi connectivity index (χ0) is 76.6. The third kappa shape index (κ3) is 13.4. The molecule has 0 saturated carbocycles. The van der Waals surface area contributed by atoms with Gasteiger partial charge in [-0.15, -0.1) is 0 Å². The predicted molar refractivity (Wildman–Crippen MR) is 476 cm³/mol. The molecule has 7 aromatic carbocycles. The maximum Gasteiger partial charge on any atom is 0.160 e. The third-order valence-electron chi connectivity index (χ3n) is 26.1. The van der Waals surface area contributed by atoms with Gasteiger partial charge in [-0.1, -0.05) is 329 Å². The average molecular weight is 1470 g/mol. The van der Waals surface area contributed by atoms with Crippen LogP contribution >= 0.6 is 0 Å². The molecule has 8 unspecified atom stereocenters. The van der Waals surface area contributed by atoms with Crippen molar-refractivity contribution in [2.24, 2.45) is 40.0 Å². The summed E-state index contributed by atoms with van der Waals surface area (Å²) < 4.78 is 0. The van der Waals surface area contributed by atoms with Gasteiger partial charge in [0.2, 0.25) is 0 Å². The average Bonchev–Trinajstić information content (AvgIpc) is 1.51. The van der Waals surface area contributed by atoms with Crippen LogP contribution in [0.25, 0.3) is 61.9 Å². The summed E-state index contributed by atoms with van der Waals surface area (Å²) in [6, 6.07) is 64.8. The van der Waals surface area contributed by atoms with Crippen LogP contribution in [0, 0.1) is 41.9 Å². The summed E-state index contributed by atoms with van der Waals surface area (Å²) in [6.45, 7) is 18.5. The van der Waals surface area contributed by atoms with E-state index in [-0.39, 0.29) is 34.6 Å². The Morgan fingerprint density at radius 2 is 1.43 bits per heavy atom. The minimum atomic E-state index is -0.355. The molecule has 0 amide bonds. The fourth-order valence-electron chi connectivity index (χ4n) is 20.8. The number of hydrogen-bond donors (Lipinski definition) is 1. The number of aromatic nitrogens is 2. The maximum atomic E-state index is 5.35. The molecular weight excluding hydrogens is 1370 g/mol. The Labute approximate surface area is 670 Å². The maximum absolute atomic E-state index is 5.35. The quantitative estimate of drug-likeness (QED) is 0.0648. The van der Waals surface area contributed by atoms with E-state index < -0.39 is 0 Å². The highest BCUT2D eigenvalue weighted by molar-refractivity contribution is 6.03. The van der Waals surface area contributed by atoms with Gasteiger partial charge in [0.25, 0.3) is 0 Å². The zero-order valence-corrected chi connectivity index (χ0v) is 65.8. The van der Waals surface area contributed by atoms with Crippen molar-refractivity contribution in [3.8, 4) is 33.9 Å². The number of aliphatic imine (C=N–C) groups is 1. The Bertz CT molecular complexity index is 5730. The Hall–Kier alpha value is -11.9. The van der Waals surface area contributed by atoms with E-state index in [0.29, 0.717) is 23.6 Å². The Morgan fingerprint density at radius 1 is 0.655 bits per heavy atom. The molecule has 8 aromatic rings. The van der Waals surface area contributed by atoms with Crippen LogP contribution in [0.1, 0.15) is 158 Å². The van der Waals surface area contributed by atoms with Crippen molar-refractivity contribution in [3.05, 3.63) is 436 Å². The fraction of sp³-hybridized carbons (Fsp3) is 0.220. The molecule has 4 heteroatoms. The number of rotatable bonds is 19. The van der Waals surface area contributed by atoms with E-state index in [9.17, 15) is 0 Å². The zero-order valence-electron chi connectivity index (χ0n) is 65.8. The standard InChI is InChI=1S/C109H100N4/c1-7-30-75-32-20-21-45-89(65-75)108(95(10-4)90(9-3)93-69-87(59-61-96(93)108)85-43-29-42-84(67-85)77-55-57-80(58-56-77)102-70-101(78-34-14-11-15-35-78)110-106(111-102)81-36-16-12-17-37-81)64-63-72(5)83-41-28-44-88(66-83)104-71-103(112-107(113-104)82-38-18-13-19-39-82)79-53-51-74(52-54-79)33-27-40-76(8-2)86-60-62-99-94(68-86)91-46-22-24-48-97(91)109(99)98-49-25-23-47-92(98)105-73(6)31-26-50-100(105)109/h7-9,11-16,18-21,23-28,30-32,34-36,38-41,44-45,47-48,50-64,66-71,75,84,89,93,96,98,102H,3,5,10,17,22,29,33,37,42-43,46,49,65H2,1-2,4,6H3,(H,110,111)/b30-7+,40-27-,64-63+,76-8+/t75-,84?,89?,93?,96?,98?,102?,108?,109?/m1/s1. The molecule has 1 spiro atoms. The number of amidine groups is 1. The highest BCUT2D eigenvalue weighted by atomic mass is 15.1. The number of allylic oxidation sites excluding steroid dienone is 33. The fourth-order valence-corrected chi connectivity index (χ4v) is 20.8. The van der Waals surface area contributed by atoms with Gasteiger partial charge in [-0.3, -0.25) is 0 Å². The van der Waals surface area contributed by atoms with Gasteiger partial charge >= 0.3 is 0 Å². The van der Waals surface area contributed by atoms with Crippen molar-refractivity contribution in [3.63, 3.8) is 0 Å². The third-order valence-corrected chi connectivity index (χ3v) is 26.1. The SMILES string of the molecule is C=CC1=C(CC)C(/C=C/C(=C)c2cccc(-c3cc(-c4ccc(C/C=C\C(=C/C)c5ccc6c(c5)C5=C(C=CCC5)C65c6cccc(C)c6C6=CC=CCC65)cc4)nc(-c4ccccc4)n3)c2)(C2C=CC=C[C@@H](/C=C/C)C2)C2C=CC(C3=CC(c4ccc(C5C=C(c6ccccc6)N=C(C6=CC=CCC6)N5)cc4)CCC3)=CC12. The summed E-state index contributed by atoms with van der Waals surface area (Å²) in [5.74, 6) is 3.21. The summed E-state index contributed by atoms with van der Waals surface area (Å²) >= 11 is 0. The van der Waals surface area contributed by atoms with Gasteiger partial charge in [-0.05, 0) is 239 Å². The number of nitrogens with one attached hydrogen (secondary N) is 1. The summed E-state index contributed by atoms with van der Waals surface area (Å²) in [4.78, 5) is 15.8. The first kappa shape index (κ1) is 72.7. The van der Waals surface area contributed by atoms with Crippen LogP contribution in [0.4, 0.5) is 0 Å². The molecular formula is C109H100N4. The highest BCUT2D eigenvalue weighted by Crippen LogP contribution is 2.67. The molecule has 4 nitrogen and oxygen atoms in total. The summed E-state index contributed by atoms with van der Waals surface area (Å²) in [7, 11) is 0. The minimum absolute atomic E-state index is 0.00795. The van der Waals surface area contributed by atoms with Crippen LogP contribution in [0.2, 0.25) is 0 Å². The summed E-state index contributed by atoms with van der Waals surface area (Å²) in [5, 5.41) is 3.83. The first-order valence-electron chi connectivity index (χ1n) is 41.5. The summed E-state index contributed by atoms with van der Waals surface area (Å²) in [5.41, 5.74) is 33.5. The normalized spacial score (nSPS) is 24.7. The molecule has 0 fully saturated rings. The van der Waals surface area contributed by atoms with Crippen LogP contribution in [-0.2, 0) is 11.8 Å². The molecule has 18 rings (SSSR count). The van der Waals surface area contributed by atoms with E-state index >= 15 is 0 Å². The van der Waals surface area contributed by atoms with Gasteiger partial charge < -0.3 is 5.32 Å². The summed E-state index contributed by atoms with van der Waals surface area (Å²) in [6.07, 6.45) is 70.5. The first-order valence-corrected chi connectivity index (χ1v) is 41.5. The minimum Gasteiger partial charge on any atom is -0.359 e. The van der Waals surface area contributed by atoms with Crippen molar-refractivity contribution < 1.29 is 0 Å². The molecule has 9 atom stereocenters. The molecule has 9 aliphatic carbocycles. The van der Waals surface area contributed by atoms with Crippen LogP contribution in [0.15, 0.2) is 379 Å². The second-order valence-electron chi connectivity index (χ2n) is 32.3. The van der Waals surface area contributed by atoms with E-state index in [1.54, 1.807) is 0 Å². The topological polar surface area (TPSA) is 50.2 Å². The molecule has 1 aliphatic heterocycles.